The number of aliphatic hydroxyl groups excluding tert-OH is 2. The minimum atomic E-state index is -4.45. The molecule has 8 heteroatoms. The van der Waals surface area contributed by atoms with E-state index in [-0.39, 0.29) is 6.42 Å². The van der Waals surface area contributed by atoms with Crippen LogP contribution in [-0.2, 0) is 14.9 Å². The first kappa shape index (κ1) is 43.3. The molecular weight excluding hydrogens is 586 g/mol. The topological polar surface area (TPSA) is 124 Å². The van der Waals surface area contributed by atoms with Crippen LogP contribution in [0.3, 0.4) is 0 Å². The van der Waals surface area contributed by atoms with Crippen molar-refractivity contribution in [2.45, 2.75) is 173 Å². The Labute approximate surface area is 276 Å². The molecule has 0 aromatic carbocycles. The molecule has 3 unspecified atom stereocenters. The van der Waals surface area contributed by atoms with E-state index in [0.717, 1.165) is 51.4 Å². The molecule has 0 fully saturated rings. The summed E-state index contributed by atoms with van der Waals surface area (Å²) in [6, 6.07) is -1.26. The Bertz CT molecular complexity index is 912. The summed E-state index contributed by atoms with van der Waals surface area (Å²) >= 11 is 0. The van der Waals surface area contributed by atoms with Crippen LogP contribution in [-0.4, -0.2) is 53.1 Å². The summed E-state index contributed by atoms with van der Waals surface area (Å²) < 4.78 is 32.3. The number of allylic oxidation sites excluding steroid dienone is 7. The van der Waals surface area contributed by atoms with E-state index in [1.807, 2.05) is 0 Å². The number of aliphatic hydroxyl groups is 2. The molecule has 0 aliphatic rings. The molecule has 0 rings (SSSR count). The normalized spacial score (nSPS) is 14.7. The lowest BCUT2D eigenvalue weighted by Gasteiger charge is -2.22. The van der Waals surface area contributed by atoms with Crippen molar-refractivity contribution >= 4 is 16.0 Å². The van der Waals surface area contributed by atoms with Crippen molar-refractivity contribution in [2.24, 2.45) is 0 Å². The van der Waals surface area contributed by atoms with E-state index in [2.05, 4.69) is 55.6 Å². The first-order chi connectivity index (χ1) is 21.7. The van der Waals surface area contributed by atoms with Gasteiger partial charge in [0.1, 0.15) is 6.10 Å². The van der Waals surface area contributed by atoms with Crippen LogP contribution in [0.5, 0.6) is 0 Å². The third kappa shape index (κ3) is 30.7. The molecular formula is C37H67NO6S. The van der Waals surface area contributed by atoms with Crippen molar-refractivity contribution in [1.29, 1.82) is 0 Å². The molecule has 0 aliphatic carbocycles. The highest BCUT2D eigenvalue weighted by atomic mass is 32.2. The van der Waals surface area contributed by atoms with Crippen LogP contribution in [0.4, 0.5) is 0 Å². The zero-order chi connectivity index (χ0) is 33.4. The molecule has 4 N–H and O–H groups in total. The first-order valence-corrected chi connectivity index (χ1v) is 19.6. The largest absolute Gasteiger partial charge is 0.387 e. The lowest BCUT2D eigenvalue weighted by molar-refractivity contribution is -0.130. The summed E-state index contributed by atoms with van der Waals surface area (Å²) in [5.41, 5.74) is 0. The van der Waals surface area contributed by atoms with Gasteiger partial charge in [-0.1, -0.05) is 140 Å². The lowest BCUT2D eigenvalue weighted by atomic mass is 10.0. The number of hydrogen-bond acceptors (Lipinski definition) is 5. The van der Waals surface area contributed by atoms with Crippen molar-refractivity contribution in [3.05, 3.63) is 48.6 Å². The quantitative estimate of drug-likeness (QED) is 0.0336. The SMILES string of the molecule is CCCC/C=C/CC/C=C/CC/C=C/C(O)C(CS(=O)(=O)O)NC(=O)C(O)CCCCCCCC/C=C\CCCCCCCC. The van der Waals surface area contributed by atoms with Crippen molar-refractivity contribution < 1.29 is 28.0 Å². The Hall–Kier alpha value is -1.74. The standard InChI is InChI=1S/C37H67NO6S/c1-3-5-7-9-11-13-15-17-18-19-20-22-24-26-28-30-32-36(40)37(41)38-34(33-45(42,43)44)35(39)31-29-27-25-23-21-16-14-12-10-8-6-4-2/h10,12,17-18,21,23,29,31,34-36,39-40H,3-9,11,13-16,19-20,22,24-28,30,32-33H2,1-2H3,(H,38,41)(H,42,43,44)/b12-10+,18-17-,23-21+,31-29+. The van der Waals surface area contributed by atoms with Crippen molar-refractivity contribution in [1.82, 2.24) is 5.32 Å². The van der Waals surface area contributed by atoms with Crippen LogP contribution < -0.4 is 5.32 Å². The van der Waals surface area contributed by atoms with Gasteiger partial charge in [0.25, 0.3) is 10.1 Å². The average Bonchev–Trinajstić information content (AvgIpc) is 3.00. The second kappa shape index (κ2) is 30.9. The Morgan fingerprint density at radius 3 is 1.53 bits per heavy atom. The summed E-state index contributed by atoms with van der Waals surface area (Å²) in [5.74, 6) is -1.58. The minimum absolute atomic E-state index is 0.262. The monoisotopic (exact) mass is 653 g/mol. The summed E-state index contributed by atoms with van der Waals surface area (Å²) in [6.07, 6.45) is 37.4. The molecule has 0 aliphatic heterocycles. The Morgan fingerprint density at radius 2 is 1.02 bits per heavy atom. The summed E-state index contributed by atoms with van der Waals surface area (Å²) in [6.45, 7) is 4.43. The fraction of sp³-hybridized carbons (Fsp3) is 0.757. The third-order valence-corrected chi connectivity index (χ3v) is 8.59. The Morgan fingerprint density at radius 1 is 0.600 bits per heavy atom. The zero-order valence-corrected chi connectivity index (χ0v) is 29.4. The lowest BCUT2D eigenvalue weighted by Crippen LogP contribution is -2.50. The van der Waals surface area contributed by atoms with Gasteiger partial charge in [-0.2, -0.15) is 8.42 Å². The maximum atomic E-state index is 12.5. The highest BCUT2D eigenvalue weighted by Crippen LogP contribution is 2.12. The van der Waals surface area contributed by atoms with Gasteiger partial charge >= 0.3 is 0 Å². The van der Waals surface area contributed by atoms with Crippen LogP contribution in [0.15, 0.2) is 48.6 Å². The molecule has 0 aromatic heterocycles. The van der Waals surface area contributed by atoms with Gasteiger partial charge < -0.3 is 15.5 Å². The van der Waals surface area contributed by atoms with Crippen LogP contribution in [0, 0.1) is 0 Å². The van der Waals surface area contributed by atoms with Crippen LogP contribution in [0.2, 0.25) is 0 Å². The van der Waals surface area contributed by atoms with Crippen molar-refractivity contribution in [2.75, 3.05) is 5.75 Å². The maximum Gasteiger partial charge on any atom is 0.267 e. The van der Waals surface area contributed by atoms with E-state index in [4.69, 9.17) is 0 Å². The number of nitrogens with one attached hydrogen (secondary N) is 1. The average molecular weight is 654 g/mol. The molecule has 0 bridgehead atoms. The highest BCUT2D eigenvalue weighted by molar-refractivity contribution is 7.85. The van der Waals surface area contributed by atoms with Gasteiger partial charge in [-0.05, 0) is 64.2 Å². The number of carbonyl (C=O) groups excluding carboxylic acids is 1. The molecule has 1 amide bonds. The number of amides is 1. The molecule has 0 saturated heterocycles. The van der Waals surface area contributed by atoms with Gasteiger partial charge in [0.2, 0.25) is 5.91 Å². The second-order valence-corrected chi connectivity index (χ2v) is 13.8. The van der Waals surface area contributed by atoms with E-state index < -0.39 is 40.0 Å². The molecule has 0 heterocycles. The van der Waals surface area contributed by atoms with Gasteiger partial charge in [0.15, 0.2) is 0 Å². The highest BCUT2D eigenvalue weighted by Gasteiger charge is 2.27. The summed E-state index contributed by atoms with van der Waals surface area (Å²) in [4.78, 5) is 12.5. The molecule has 3 atom stereocenters. The van der Waals surface area contributed by atoms with Crippen LogP contribution >= 0.6 is 0 Å². The van der Waals surface area contributed by atoms with Crippen LogP contribution in [0.1, 0.15) is 155 Å². The number of rotatable bonds is 31. The second-order valence-electron chi connectivity index (χ2n) is 12.3. The van der Waals surface area contributed by atoms with Crippen LogP contribution in [0.25, 0.3) is 0 Å². The predicted octanol–water partition coefficient (Wildman–Crippen LogP) is 8.93. The number of hydrogen-bond donors (Lipinski definition) is 4. The first-order valence-electron chi connectivity index (χ1n) is 17.9. The minimum Gasteiger partial charge on any atom is -0.387 e. The van der Waals surface area contributed by atoms with E-state index in [1.165, 1.54) is 76.7 Å². The van der Waals surface area contributed by atoms with Gasteiger partial charge in [-0.15, -0.1) is 0 Å². The fourth-order valence-electron chi connectivity index (χ4n) is 5.00. The Kier molecular flexibility index (Phi) is 29.7. The maximum absolute atomic E-state index is 12.5. The van der Waals surface area contributed by atoms with E-state index in [0.29, 0.717) is 12.8 Å². The molecule has 0 radical (unpaired) electrons. The summed E-state index contributed by atoms with van der Waals surface area (Å²) in [5, 5.41) is 23.2. The van der Waals surface area contributed by atoms with Crippen molar-refractivity contribution in [3.8, 4) is 0 Å². The van der Waals surface area contributed by atoms with E-state index in [9.17, 15) is 28.0 Å². The summed E-state index contributed by atoms with van der Waals surface area (Å²) in [7, 11) is -4.45. The van der Waals surface area contributed by atoms with Gasteiger partial charge in [0.05, 0.1) is 17.9 Å². The van der Waals surface area contributed by atoms with E-state index >= 15 is 0 Å². The molecule has 0 spiro atoms. The zero-order valence-electron chi connectivity index (χ0n) is 28.6. The van der Waals surface area contributed by atoms with Gasteiger partial charge in [-0.3, -0.25) is 9.35 Å². The van der Waals surface area contributed by atoms with Gasteiger partial charge in [-0.25, -0.2) is 0 Å². The molecule has 45 heavy (non-hydrogen) atoms. The predicted molar refractivity (Wildman–Crippen MR) is 190 cm³/mol. The molecule has 0 aromatic rings. The molecule has 0 saturated carbocycles. The smallest absolute Gasteiger partial charge is 0.267 e. The van der Waals surface area contributed by atoms with Crippen molar-refractivity contribution in [3.63, 3.8) is 0 Å². The fourth-order valence-corrected chi connectivity index (χ4v) is 5.73. The van der Waals surface area contributed by atoms with Gasteiger partial charge in [0, 0.05) is 0 Å². The number of carbonyl (C=O) groups is 1. The number of unbranched alkanes of at least 4 members (excludes halogenated alkanes) is 16. The molecule has 7 nitrogen and oxygen atoms in total. The Balaban J connectivity index is 4.19. The molecule has 262 valence electrons. The third-order valence-electron chi connectivity index (χ3n) is 7.81. The van der Waals surface area contributed by atoms with E-state index in [1.54, 1.807) is 6.08 Å².